The van der Waals surface area contributed by atoms with E-state index in [0.29, 0.717) is 5.92 Å². The zero-order valence-electron chi connectivity index (χ0n) is 19.7. The fraction of sp³-hybridized carbons (Fsp3) is 0.212. The zero-order valence-corrected chi connectivity index (χ0v) is 19.7. The van der Waals surface area contributed by atoms with Crippen LogP contribution in [-0.2, 0) is 5.41 Å². The Morgan fingerprint density at radius 1 is 0.758 bits per heavy atom. The van der Waals surface area contributed by atoms with E-state index in [1.807, 2.05) is 0 Å². The minimum absolute atomic E-state index is 0.159. The molecular weight excluding hydrogens is 396 g/mol. The average Bonchev–Trinajstić information content (AvgIpc) is 3.17. The van der Waals surface area contributed by atoms with Gasteiger partial charge in [-0.3, -0.25) is 0 Å². The van der Waals surface area contributed by atoms with Gasteiger partial charge >= 0.3 is 0 Å². The standard InChI is InChI=1S/C33H32/c1-4-6-22-33(28-12-8-7-9-13-28)31-15-11-10-14-29(31)30-21-20-27(23-32(30)33)26-18-16-25(17-19-26)24(3)5-2/h4,7-21,23-24H,1,5-6,22H2,2-3H3. The number of hydrogen-bond acceptors (Lipinski definition) is 0. The van der Waals surface area contributed by atoms with Gasteiger partial charge in [0, 0.05) is 5.41 Å². The van der Waals surface area contributed by atoms with Crippen LogP contribution in [-0.4, -0.2) is 0 Å². The first kappa shape index (κ1) is 21.5. The molecule has 4 aromatic rings. The lowest BCUT2D eigenvalue weighted by Crippen LogP contribution is -2.26. The zero-order chi connectivity index (χ0) is 22.8. The highest BCUT2D eigenvalue weighted by Gasteiger charge is 2.43. The van der Waals surface area contributed by atoms with Crippen molar-refractivity contribution in [1.82, 2.24) is 0 Å². The maximum absolute atomic E-state index is 4.05. The summed E-state index contributed by atoms with van der Waals surface area (Å²) in [6, 6.07) is 36.3. The molecule has 2 unspecified atom stereocenters. The molecule has 0 saturated heterocycles. The van der Waals surface area contributed by atoms with E-state index in [9.17, 15) is 0 Å². The van der Waals surface area contributed by atoms with Crippen LogP contribution in [0.5, 0.6) is 0 Å². The Labute approximate surface area is 198 Å². The summed E-state index contributed by atoms with van der Waals surface area (Å²) in [5.41, 5.74) is 10.7. The van der Waals surface area contributed by atoms with Crippen LogP contribution >= 0.6 is 0 Å². The van der Waals surface area contributed by atoms with Gasteiger partial charge in [-0.05, 0) is 75.8 Å². The Morgan fingerprint density at radius 3 is 2.15 bits per heavy atom. The SMILES string of the molecule is C=CCCC1(c2ccccc2)c2ccccc2-c2ccc(-c3ccc(C(C)CC)cc3)cc21. The summed E-state index contributed by atoms with van der Waals surface area (Å²) >= 11 is 0. The Bertz CT molecular complexity index is 1260. The first-order valence-corrected chi connectivity index (χ1v) is 12.2. The van der Waals surface area contributed by atoms with Crippen molar-refractivity contribution in [2.75, 3.05) is 0 Å². The molecule has 1 aliphatic carbocycles. The molecule has 2 atom stereocenters. The Morgan fingerprint density at radius 2 is 1.42 bits per heavy atom. The summed E-state index contributed by atoms with van der Waals surface area (Å²) in [5, 5.41) is 0. The van der Waals surface area contributed by atoms with Gasteiger partial charge in [-0.1, -0.05) is 111 Å². The van der Waals surface area contributed by atoms with E-state index < -0.39 is 0 Å². The van der Waals surface area contributed by atoms with Gasteiger partial charge in [-0.25, -0.2) is 0 Å². The van der Waals surface area contributed by atoms with Gasteiger partial charge in [0.15, 0.2) is 0 Å². The van der Waals surface area contributed by atoms with Crippen molar-refractivity contribution in [3.63, 3.8) is 0 Å². The molecule has 0 heterocycles. The molecule has 5 rings (SSSR count). The van der Waals surface area contributed by atoms with Gasteiger partial charge in [0.25, 0.3) is 0 Å². The average molecular weight is 429 g/mol. The van der Waals surface area contributed by atoms with E-state index in [0.717, 1.165) is 12.8 Å². The predicted octanol–water partition coefficient (Wildman–Crippen LogP) is 9.15. The van der Waals surface area contributed by atoms with Crippen LogP contribution in [0.1, 0.15) is 61.3 Å². The molecule has 0 amide bonds. The molecule has 0 bridgehead atoms. The van der Waals surface area contributed by atoms with Gasteiger partial charge in [0.2, 0.25) is 0 Å². The molecule has 0 heteroatoms. The lowest BCUT2D eigenvalue weighted by atomic mass is 9.69. The molecule has 0 nitrogen and oxygen atoms in total. The van der Waals surface area contributed by atoms with Gasteiger partial charge in [-0.15, -0.1) is 6.58 Å². The number of fused-ring (bicyclic) bond motifs is 3. The number of benzene rings is 4. The van der Waals surface area contributed by atoms with Crippen LogP contribution in [0.3, 0.4) is 0 Å². The maximum Gasteiger partial charge on any atom is 0.0466 e. The molecule has 0 fully saturated rings. The van der Waals surface area contributed by atoms with E-state index in [2.05, 4.69) is 124 Å². The second kappa shape index (κ2) is 8.87. The van der Waals surface area contributed by atoms with Crippen molar-refractivity contribution in [3.8, 4) is 22.3 Å². The predicted molar refractivity (Wildman–Crippen MR) is 142 cm³/mol. The first-order valence-electron chi connectivity index (χ1n) is 12.2. The summed E-state index contributed by atoms with van der Waals surface area (Å²) < 4.78 is 0. The van der Waals surface area contributed by atoms with Crippen molar-refractivity contribution in [2.45, 2.75) is 44.4 Å². The lowest BCUT2D eigenvalue weighted by Gasteiger charge is -2.33. The molecule has 1 aliphatic rings. The van der Waals surface area contributed by atoms with E-state index in [1.165, 1.54) is 50.9 Å². The largest absolute Gasteiger partial charge is 0.103 e. The van der Waals surface area contributed by atoms with E-state index in [4.69, 9.17) is 0 Å². The third-order valence-corrected chi connectivity index (χ3v) is 7.57. The highest BCUT2D eigenvalue weighted by atomic mass is 14.5. The van der Waals surface area contributed by atoms with Gasteiger partial charge < -0.3 is 0 Å². The lowest BCUT2D eigenvalue weighted by molar-refractivity contribution is 0.580. The highest BCUT2D eigenvalue weighted by molar-refractivity contribution is 5.86. The highest BCUT2D eigenvalue weighted by Crippen LogP contribution is 2.55. The molecule has 33 heavy (non-hydrogen) atoms. The van der Waals surface area contributed by atoms with Crippen LogP contribution in [0.4, 0.5) is 0 Å². The topological polar surface area (TPSA) is 0 Å². The second-order valence-corrected chi connectivity index (χ2v) is 9.34. The number of rotatable bonds is 7. The van der Waals surface area contributed by atoms with Crippen molar-refractivity contribution in [1.29, 1.82) is 0 Å². The smallest absolute Gasteiger partial charge is 0.0466 e. The van der Waals surface area contributed by atoms with Gasteiger partial charge in [0.1, 0.15) is 0 Å². The van der Waals surface area contributed by atoms with Crippen LogP contribution in [0.15, 0.2) is 110 Å². The van der Waals surface area contributed by atoms with E-state index >= 15 is 0 Å². The van der Waals surface area contributed by atoms with Crippen molar-refractivity contribution < 1.29 is 0 Å². The van der Waals surface area contributed by atoms with Gasteiger partial charge in [0.05, 0.1) is 0 Å². The summed E-state index contributed by atoms with van der Waals surface area (Å²) in [4.78, 5) is 0. The van der Waals surface area contributed by atoms with Gasteiger partial charge in [-0.2, -0.15) is 0 Å². The van der Waals surface area contributed by atoms with Crippen LogP contribution in [0.2, 0.25) is 0 Å². The summed E-state index contributed by atoms with van der Waals surface area (Å²) in [7, 11) is 0. The fourth-order valence-electron chi connectivity index (χ4n) is 5.55. The third-order valence-electron chi connectivity index (χ3n) is 7.57. The molecule has 0 N–H and O–H groups in total. The van der Waals surface area contributed by atoms with E-state index in [1.54, 1.807) is 0 Å². The summed E-state index contributed by atoms with van der Waals surface area (Å²) in [6.07, 6.45) is 5.21. The second-order valence-electron chi connectivity index (χ2n) is 9.34. The van der Waals surface area contributed by atoms with Crippen molar-refractivity contribution in [3.05, 3.63) is 132 Å². The van der Waals surface area contributed by atoms with Crippen LogP contribution in [0.25, 0.3) is 22.3 Å². The Balaban J connectivity index is 1.71. The molecule has 0 spiro atoms. The molecule has 0 aliphatic heterocycles. The van der Waals surface area contributed by atoms with Crippen molar-refractivity contribution in [2.24, 2.45) is 0 Å². The first-order chi connectivity index (χ1) is 16.2. The molecule has 0 radical (unpaired) electrons. The molecule has 164 valence electrons. The maximum atomic E-state index is 4.05. The molecular formula is C33H32. The molecule has 0 saturated carbocycles. The number of allylic oxidation sites excluding steroid dienone is 1. The normalized spacial score (nSPS) is 17.3. The van der Waals surface area contributed by atoms with Crippen LogP contribution in [0, 0.1) is 0 Å². The van der Waals surface area contributed by atoms with Crippen LogP contribution < -0.4 is 0 Å². The third kappa shape index (κ3) is 3.55. The molecule has 4 aromatic carbocycles. The fourth-order valence-corrected chi connectivity index (χ4v) is 5.55. The summed E-state index contributed by atoms with van der Waals surface area (Å²) in [5.74, 6) is 0.596. The number of hydrogen-bond donors (Lipinski definition) is 0. The van der Waals surface area contributed by atoms with Crippen molar-refractivity contribution >= 4 is 0 Å². The quantitative estimate of drug-likeness (QED) is 0.257. The minimum Gasteiger partial charge on any atom is -0.103 e. The van der Waals surface area contributed by atoms with E-state index in [-0.39, 0.29) is 5.41 Å². The molecule has 0 aromatic heterocycles. The Hall–Kier alpha value is -3.38. The summed E-state index contributed by atoms with van der Waals surface area (Å²) in [6.45, 7) is 8.61. The minimum atomic E-state index is -0.159. The monoisotopic (exact) mass is 428 g/mol. The Kier molecular flexibility index (Phi) is 5.77.